The quantitative estimate of drug-likeness (QED) is 0.338. The highest BCUT2D eigenvalue weighted by Crippen LogP contribution is 2.31. The number of hydrogen-bond acceptors (Lipinski definition) is 5. The lowest BCUT2D eigenvalue weighted by Crippen LogP contribution is -2.11. The average Bonchev–Trinajstić information content (AvgIpc) is 2.71. The van der Waals surface area contributed by atoms with Gasteiger partial charge in [-0.25, -0.2) is 0 Å². The van der Waals surface area contributed by atoms with Crippen LogP contribution in [0.5, 0.6) is 11.5 Å². The minimum absolute atomic E-state index is 0.0811. The van der Waals surface area contributed by atoms with Crippen molar-refractivity contribution >= 4 is 33.6 Å². The molecule has 3 rings (SSSR count). The Labute approximate surface area is 182 Å². The molecular weight excluding hydrogens is 422 g/mol. The number of nitrogens with zero attached hydrogens (tertiary/aromatic N) is 1. The van der Waals surface area contributed by atoms with Gasteiger partial charge in [-0.3, -0.25) is 4.99 Å². The van der Waals surface area contributed by atoms with E-state index in [4.69, 9.17) is 20.5 Å². The number of ether oxygens (including phenoxy) is 1. The van der Waals surface area contributed by atoms with Crippen molar-refractivity contribution in [3.8, 4) is 11.5 Å². The smallest absolute Gasteiger partial charge is 0.339 e. The Morgan fingerprint density at radius 3 is 2.40 bits per heavy atom. The van der Waals surface area contributed by atoms with Crippen molar-refractivity contribution in [2.75, 3.05) is 6.61 Å². The second-order valence-electron chi connectivity index (χ2n) is 6.68. The zero-order valence-corrected chi connectivity index (χ0v) is 18.5. The molecule has 5 nitrogen and oxygen atoms in total. The summed E-state index contributed by atoms with van der Waals surface area (Å²) in [6.45, 7) is 6.00. The first-order valence-electron chi connectivity index (χ1n) is 9.37. The van der Waals surface area contributed by atoms with Crippen molar-refractivity contribution in [2.24, 2.45) is 4.99 Å². The van der Waals surface area contributed by atoms with Crippen molar-refractivity contribution in [1.29, 1.82) is 0 Å². The molecule has 0 bridgehead atoms. The maximum atomic E-state index is 12.6. The Hall–Kier alpha value is -2.83. The van der Waals surface area contributed by atoms with Crippen LogP contribution in [-0.2, 0) is 10.1 Å². The molecule has 0 aliphatic heterocycles. The van der Waals surface area contributed by atoms with E-state index >= 15 is 0 Å². The van der Waals surface area contributed by atoms with Crippen LogP contribution < -0.4 is 8.92 Å². The maximum Gasteiger partial charge on any atom is 0.339 e. The minimum atomic E-state index is -3.98. The Morgan fingerprint density at radius 2 is 1.70 bits per heavy atom. The molecule has 0 amide bonds. The fraction of sp³-hybridized carbons (Fsp3) is 0.174. The molecule has 0 aromatic heterocycles. The van der Waals surface area contributed by atoms with Crippen LogP contribution in [0.2, 0.25) is 5.02 Å². The molecule has 0 aliphatic carbocycles. The van der Waals surface area contributed by atoms with Gasteiger partial charge in [-0.1, -0.05) is 35.4 Å². The third-order valence-electron chi connectivity index (χ3n) is 4.30. The Morgan fingerprint density at radius 1 is 0.967 bits per heavy atom. The number of benzene rings is 3. The van der Waals surface area contributed by atoms with Crippen LogP contribution in [0.15, 0.2) is 70.6 Å². The highest BCUT2D eigenvalue weighted by molar-refractivity contribution is 7.87. The number of aliphatic imine (C=N–C) groups is 1. The van der Waals surface area contributed by atoms with Gasteiger partial charge in [-0.05, 0) is 74.4 Å². The van der Waals surface area contributed by atoms with Crippen molar-refractivity contribution in [2.45, 2.75) is 25.7 Å². The van der Waals surface area contributed by atoms with Crippen LogP contribution in [0.4, 0.5) is 5.69 Å². The first-order chi connectivity index (χ1) is 14.3. The van der Waals surface area contributed by atoms with Gasteiger partial charge in [0, 0.05) is 11.2 Å². The second kappa shape index (κ2) is 9.32. The molecule has 0 radical (unpaired) electrons. The van der Waals surface area contributed by atoms with E-state index in [0.29, 0.717) is 17.4 Å². The summed E-state index contributed by atoms with van der Waals surface area (Å²) in [6.07, 6.45) is 1.67. The number of aryl methyl sites for hydroxylation is 2. The van der Waals surface area contributed by atoms with Gasteiger partial charge in [0.2, 0.25) is 0 Å². The molecule has 0 heterocycles. The predicted molar refractivity (Wildman–Crippen MR) is 120 cm³/mol. The Balaban J connectivity index is 1.89. The Bertz CT molecular complexity index is 1170. The molecule has 30 heavy (non-hydrogen) atoms. The summed E-state index contributed by atoms with van der Waals surface area (Å²) in [5.41, 5.74) is 3.44. The van der Waals surface area contributed by atoms with Crippen molar-refractivity contribution in [1.82, 2.24) is 0 Å². The van der Waals surface area contributed by atoms with Gasteiger partial charge in [-0.15, -0.1) is 0 Å². The van der Waals surface area contributed by atoms with Crippen LogP contribution >= 0.6 is 11.6 Å². The van der Waals surface area contributed by atoms with Crippen LogP contribution in [0.3, 0.4) is 0 Å². The van der Waals surface area contributed by atoms with E-state index in [1.807, 2.05) is 32.9 Å². The van der Waals surface area contributed by atoms with E-state index in [9.17, 15) is 8.42 Å². The summed E-state index contributed by atoms with van der Waals surface area (Å²) in [5.74, 6) is 0.438. The minimum Gasteiger partial charge on any atom is -0.490 e. The van der Waals surface area contributed by atoms with Crippen molar-refractivity contribution < 1.29 is 17.3 Å². The molecule has 156 valence electrons. The molecule has 7 heteroatoms. The molecule has 0 aliphatic rings. The third kappa shape index (κ3) is 5.40. The molecule has 0 saturated carbocycles. The SMILES string of the molecule is CCOc1cc(C=Nc2cc(Cl)ccc2C)ccc1OS(=O)(=O)c1ccc(C)cc1. The fourth-order valence-electron chi connectivity index (χ4n) is 2.68. The third-order valence-corrected chi connectivity index (χ3v) is 5.78. The normalized spacial score (nSPS) is 11.6. The maximum absolute atomic E-state index is 12.6. The summed E-state index contributed by atoms with van der Waals surface area (Å²) in [6, 6.07) is 16.9. The van der Waals surface area contributed by atoms with E-state index in [-0.39, 0.29) is 10.6 Å². The highest BCUT2D eigenvalue weighted by atomic mass is 35.5. The molecular formula is C23H22ClNO4S. The highest BCUT2D eigenvalue weighted by Gasteiger charge is 2.19. The summed E-state index contributed by atoms with van der Waals surface area (Å²) in [5, 5.41) is 0.604. The number of halogens is 1. The molecule has 0 saturated heterocycles. The lowest BCUT2D eigenvalue weighted by atomic mass is 10.2. The Kier molecular flexibility index (Phi) is 6.80. The first kappa shape index (κ1) is 21.9. The fourth-order valence-corrected chi connectivity index (χ4v) is 3.79. The molecule has 0 unspecified atom stereocenters. The van der Waals surface area contributed by atoms with Gasteiger partial charge < -0.3 is 8.92 Å². The van der Waals surface area contributed by atoms with E-state index < -0.39 is 10.1 Å². The lowest BCUT2D eigenvalue weighted by molar-refractivity contribution is 0.327. The van der Waals surface area contributed by atoms with Gasteiger partial charge in [-0.2, -0.15) is 8.42 Å². The van der Waals surface area contributed by atoms with E-state index in [1.165, 1.54) is 12.1 Å². The lowest BCUT2D eigenvalue weighted by Gasteiger charge is -2.12. The van der Waals surface area contributed by atoms with E-state index in [0.717, 1.165) is 22.4 Å². The number of hydrogen-bond donors (Lipinski definition) is 0. The van der Waals surface area contributed by atoms with E-state index in [1.54, 1.807) is 42.6 Å². The van der Waals surface area contributed by atoms with Crippen LogP contribution in [0.25, 0.3) is 0 Å². The largest absolute Gasteiger partial charge is 0.490 e. The van der Waals surface area contributed by atoms with Crippen molar-refractivity contribution in [3.05, 3.63) is 82.4 Å². The van der Waals surface area contributed by atoms with Gasteiger partial charge in [0.05, 0.1) is 12.3 Å². The molecule has 0 fully saturated rings. The standard InChI is InChI=1S/C23H22ClNO4S/c1-4-28-23-13-18(15-25-21-14-19(24)9-7-17(21)3)8-12-22(23)29-30(26,27)20-10-5-16(2)6-11-20/h5-15H,4H2,1-3H3. The summed E-state index contributed by atoms with van der Waals surface area (Å²) in [7, 11) is -3.98. The van der Waals surface area contributed by atoms with Gasteiger partial charge in [0.15, 0.2) is 11.5 Å². The topological polar surface area (TPSA) is 65.0 Å². The van der Waals surface area contributed by atoms with Gasteiger partial charge in [0.25, 0.3) is 0 Å². The first-order valence-corrected chi connectivity index (χ1v) is 11.2. The predicted octanol–water partition coefficient (Wildman–Crippen LogP) is 5.87. The molecule has 3 aromatic rings. The van der Waals surface area contributed by atoms with Crippen LogP contribution in [0.1, 0.15) is 23.6 Å². The van der Waals surface area contributed by atoms with Gasteiger partial charge >= 0.3 is 10.1 Å². The van der Waals surface area contributed by atoms with Gasteiger partial charge in [0.1, 0.15) is 4.90 Å². The summed E-state index contributed by atoms with van der Waals surface area (Å²) in [4.78, 5) is 4.56. The van der Waals surface area contributed by atoms with Crippen LogP contribution in [0, 0.1) is 13.8 Å². The molecule has 0 atom stereocenters. The summed E-state index contributed by atoms with van der Waals surface area (Å²) < 4.78 is 36.2. The molecule has 0 spiro atoms. The zero-order chi connectivity index (χ0) is 21.7. The van der Waals surface area contributed by atoms with Crippen molar-refractivity contribution in [3.63, 3.8) is 0 Å². The average molecular weight is 444 g/mol. The van der Waals surface area contributed by atoms with E-state index in [2.05, 4.69) is 4.99 Å². The second-order valence-corrected chi connectivity index (χ2v) is 8.66. The molecule has 3 aromatic carbocycles. The monoisotopic (exact) mass is 443 g/mol. The van der Waals surface area contributed by atoms with Crippen LogP contribution in [-0.4, -0.2) is 21.2 Å². The number of rotatable bonds is 7. The zero-order valence-electron chi connectivity index (χ0n) is 16.9. The molecule has 0 N–H and O–H groups in total. The summed E-state index contributed by atoms with van der Waals surface area (Å²) >= 11 is 6.04.